The number of fused-ring (bicyclic) bond motifs is 1. The molecule has 1 amide bonds. The maximum absolute atomic E-state index is 11.9. The fraction of sp³-hybridized carbons (Fsp3) is 0.588. The van der Waals surface area contributed by atoms with E-state index < -0.39 is 0 Å². The van der Waals surface area contributed by atoms with Crippen LogP contribution in [0.25, 0.3) is 0 Å². The summed E-state index contributed by atoms with van der Waals surface area (Å²) in [5, 5.41) is 0. The lowest BCUT2D eigenvalue weighted by Crippen LogP contribution is -2.39. The Labute approximate surface area is 127 Å². The molecule has 0 bridgehead atoms. The summed E-state index contributed by atoms with van der Waals surface area (Å²) in [5.41, 5.74) is 2.46. The molecule has 0 radical (unpaired) electrons. The van der Waals surface area contributed by atoms with Crippen LogP contribution in [0.2, 0.25) is 0 Å². The van der Waals surface area contributed by atoms with Gasteiger partial charge in [0, 0.05) is 13.5 Å². The molecular formula is C17H25NO3. The Morgan fingerprint density at radius 2 is 1.90 bits per heavy atom. The van der Waals surface area contributed by atoms with Crippen molar-refractivity contribution < 1.29 is 14.3 Å². The Hall–Kier alpha value is -1.71. The van der Waals surface area contributed by atoms with Crippen molar-refractivity contribution in [2.24, 2.45) is 5.92 Å². The van der Waals surface area contributed by atoms with Crippen molar-refractivity contribution in [3.63, 3.8) is 0 Å². The van der Waals surface area contributed by atoms with Crippen LogP contribution in [-0.2, 0) is 11.2 Å². The number of methoxy groups -OCH3 is 2. The van der Waals surface area contributed by atoms with Crippen molar-refractivity contribution in [1.29, 1.82) is 0 Å². The molecule has 4 heteroatoms. The van der Waals surface area contributed by atoms with E-state index in [-0.39, 0.29) is 11.9 Å². The van der Waals surface area contributed by atoms with Crippen molar-refractivity contribution in [2.75, 3.05) is 20.8 Å². The maximum Gasteiger partial charge on any atom is 0.219 e. The molecule has 0 aliphatic carbocycles. The summed E-state index contributed by atoms with van der Waals surface area (Å²) < 4.78 is 10.8. The van der Waals surface area contributed by atoms with Gasteiger partial charge in [0.1, 0.15) is 0 Å². The van der Waals surface area contributed by atoms with E-state index in [0.717, 1.165) is 30.9 Å². The molecule has 0 N–H and O–H groups in total. The van der Waals surface area contributed by atoms with Crippen LogP contribution >= 0.6 is 0 Å². The van der Waals surface area contributed by atoms with Gasteiger partial charge in [-0.3, -0.25) is 4.79 Å². The third-order valence-corrected chi connectivity index (χ3v) is 4.10. The van der Waals surface area contributed by atoms with Crippen LogP contribution in [0.5, 0.6) is 11.5 Å². The molecule has 4 nitrogen and oxygen atoms in total. The van der Waals surface area contributed by atoms with Crippen LogP contribution in [0.15, 0.2) is 12.1 Å². The fourth-order valence-corrected chi connectivity index (χ4v) is 3.11. The lowest BCUT2D eigenvalue weighted by atomic mass is 9.87. The summed E-state index contributed by atoms with van der Waals surface area (Å²) >= 11 is 0. The minimum absolute atomic E-state index is 0.131. The van der Waals surface area contributed by atoms with E-state index in [1.165, 1.54) is 11.1 Å². The lowest BCUT2D eigenvalue weighted by Gasteiger charge is -2.38. The van der Waals surface area contributed by atoms with Crippen LogP contribution in [0.3, 0.4) is 0 Å². The molecule has 0 aromatic heterocycles. The number of benzene rings is 1. The smallest absolute Gasteiger partial charge is 0.219 e. The second kappa shape index (κ2) is 6.37. The van der Waals surface area contributed by atoms with Crippen LogP contribution in [0, 0.1) is 5.92 Å². The van der Waals surface area contributed by atoms with Crippen molar-refractivity contribution in [2.45, 2.75) is 39.7 Å². The molecule has 1 aromatic carbocycles. The van der Waals surface area contributed by atoms with Gasteiger partial charge in [0.05, 0.1) is 20.3 Å². The Bertz CT molecular complexity index is 525. The fourth-order valence-electron chi connectivity index (χ4n) is 3.11. The largest absolute Gasteiger partial charge is 0.493 e. The molecule has 0 saturated heterocycles. The third kappa shape index (κ3) is 3.14. The molecule has 1 aromatic rings. The van der Waals surface area contributed by atoms with E-state index in [9.17, 15) is 4.79 Å². The predicted octanol–water partition coefficient (Wildman–Crippen LogP) is 3.20. The number of carbonyl (C=O) groups is 1. The molecule has 1 atom stereocenters. The monoisotopic (exact) mass is 291 g/mol. The van der Waals surface area contributed by atoms with Crippen LogP contribution < -0.4 is 9.47 Å². The molecule has 116 valence electrons. The molecule has 1 aliphatic heterocycles. The quantitative estimate of drug-likeness (QED) is 0.855. The summed E-state index contributed by atoms with van der Waals surface area (Å²) in [6, 6.07) is 4.22. The number of hydrogen-bond acceptors (Lipinski definition) is 3. The summed E-state index contributed by atoms with van der Waals surface area (Å²) in [4.78, 5) is 13.9. The zero-order valence-electron chi connectivity index (χ0n) is 13.6. The number of rotatable bonds is 4. The van der Waals surface area contributed by atoms with Crippen molar-refractivity contribution in [3.8, 4) is 11.5 Å². The average molecular weight is 291 g/mol. The first kappa shape index (κ1) is 15.7. The molecule has 1 aliphatic rings. The number of amides is 1. The summed E-state index contributed by atoms with van der Waals surface area (Å²) in [6.45, 7) is 6.80. The number of hydrogen-bond donors (Lipinski definition) is 0. The van der Waals surface area contributed by atoms with Gasteiger partial charge >= 0.3 is 0 Å². The van der Waals surface area contributed by atoms with Gasteiger partial charge in [0.25, 0.3) is 0 Å². The third-order valence-electron chi connectivity index (χ3n) is 4.10. The van der Waals surface area contributed by atoms with Gasteiger partial charge < -0.3 is 14.4 Å². The van der Waals surface area contributed by atoms with Gasteiger partial charge in [-0.05, 0) is 42.0 Å². The van der Waals surface area contributed by atoms with Gasteiger partial charge in [0.15, 0.2) is 11.5 Å². The summed E-state index contributed by atoms with van der Waals surface area (Å²) in [7, 11) is 3.30. The van der Waals surface area contributed by atoms with Crippen molar-refractivity contribution in [1.82, 2.24) is 4.90 Å². The molecule has 0 saturated carbocycles. The first-order valence-corrected chi connectivity index (χ1v) is 7.50. The van der Waals surface area contributed by atoms with E-state index in [1.807, 2.05) is 11.0 Å². The molecule has 1 unspecified atom stereocenters. The van der Waals surface area contributed by atoms with E-state index in [0.29, 0.717) is 5.92 Å². The Kier molecular flexibility index (Phi) is 4.76. The number of nitrogens with zero attached hydrogens (tertiary/aromatic N) is 1. The highest BCUT2D eigenvalue weighted by Crippen LogP contribution is 2.40. The van der Waals surface area contributed by atoms with Crippen molar-refractivity contribution >= 4 is 5.91 Å². The first-order chi connectivity index (χ1) is 9.97. The van der Waals surface area contributed by atoms with Crippen LogP contribution in [0.4, 0.5) is 0 Å². The number of ether oxygens (including phenoxy) is 2. The zero-order valence-corrected chi connectivity index (χ0v) is 13.6. The highest BCUT2D eigenvalue weighted by Gasteiger charge is 2.30. The van der Waals surface area contributed by atoms with Gasteiger partial charge in [-0.15, -0.1) is 0 Å². The molecule has 0 fully saturated rings. The van der Waals surface area contributed by atoms with E-state index in [4.69, 9.17) is 9.47 Å². The number of carbonyl (C=O) groups excluding carboxylic acids is 1. The normalized spacial score (nSPS) is 17.6. The van der Waals surface area contributed by atoms with Gasteiger partial charge in [-0.2, -0.15) is 0 Å². The predicted molar refractivity (Wildman–Crippen MR) is 82.8 cm³/mol. The van der Waals surface area contributed by atoms with E-state index in [2.05, 4.69) is 19.9 Å². The summed E-state index contributed by atoms with van der Waals surface area (Å²) in [5.74, 6) is 2.16. The highest BCUT2D eigenvalue weighted by molar-refractivity contribution is 5.74. The van der Waals surface area contributed by atoms with Crippen LogP contribution in [-0.4, -0.2) is 31.6 Å². The Balaban J connectivity index is 2.48. The molecule has 0 spiro atoms. The van der Waals surface area contributed by atoms with E-state index >= 15 is 0 Å². The second-order valence-electron chi connectivity index (χ2n) is 6.01. The van der Waals surface area contributed by atoms with E-state index in [1.54, 1.807) is 21.1 Å². The van der Waals surface area contributed by atoms with Gasteiger partial charge in [-0.1, -0.05) is 13.8 Å². The van der Waals surface area contributed by atoms with Gasteiger partial charge in [0.2, 0.25) is 5.91 Å². The maximum atomic E-state index is 11.9. The van der Waals surface area contributed by atoms with Crippen LogP contribution in [0.1, 0.15) is 44.4 Å². The topological polar surface area (TPSA) is 38.8 Å². The standard InChI is InChI=1S/C17H25NO3/c1-11(2)8-15-14-10-17(21-5)16(20-4)9-13(14)6-7-18(15)12(3)19/h9-11,15H,6-8H2,1-5H3. The highest BCUT2D eigenvalue weighted by atomic mass is 16.5. The summed E-state index contributed by atoms with van der Waals surface area (Å²) in [6.07, 6.45) is 1.83. The Morgan fingerprint density at radius 1 is 1.29 bits per heavy atom. The first-order valence-electron chi connectivity index (χ1n) is 7.50. The molecule has 21 heavy (non-hydrogen) atoms. The molecule has 2 rings (SSSR count). The average Bonchev–Trinajstić information content (AvgIpc) is 2.45. The molecular weight excluding hydrogens is 266 g/mol. The minimum Gasteiger partial charge on any atom is -0.493 e. The zero-order chi connectivity index (χ0) is 15.6. The van der Waals surface area contributed by atoms with Gasteiger partial charge in [-0.25, -0.2) is 0 Å². The van der Waals surface area contributed by atoms with Crippen molar-refractivity contribution in [3.05, 3.63) is 23.3 Å². The lowest BCUT2D eigenvalue weighted by molar-refractivity contribution is -0.132. The molecule has 1 heterocycles. The minimum atomic E-state index is 0.131. The SMILES string of the molecule is COc1cc2c(cc1OC)C(CC(C)C)N(C(C)=O)CC2. The Morgan fingerprint density at radius 3 is 2.43 bits per heavy atom. The second-order valence-corrected chi connectivity index (χ2v) is 6.01.